The normalized spacial score (nSPS) is 16.1. The first-order chi connectivity index (χ1) is 59.8. The van der Waals surface area contributed by atoms with Gasteiger partial charge in [0.1, 0.15) is 0 Å². The molecule has 0 fully saturated rings. The third kappa shape index (κ3) is 73.5. The van der Waals surface area contributed by atoms with E-state index in [-0.39, 0.29) is 79.3 Å². The monoisotopic (exact) mass is 2310 g/mol. The number of aliphatic hydroxyl groups excluding tert-OH is 6. The Kier molecular flexibility index (Phi) is 61.8. The first-order valence-corrected chi connectivity index (χ1v) is 117. The molecule has 0 aromatic rings. The third-order valence-electron chi connectivity index (χ3n) is 20.2. The summed E-state index contributed by atoms with van der Waals surface area (Å²) in [6, 6.07) is 3.00. The van der Waals surface area contributed by atoms with Crippen molar-refractivity contribution in [3.05, 3.63) is 0 Å². The van der Waals surface area contributed by atoms with Crippen molar-refractivity contribution in [1.82, 2.24) is 0 Å². The minimum atomic E-state index is -2.74. The maximum Gasteiger partial charge on any atom is 0.317 e. The van der Waals surface area contributed by atoms with Crippen LogP contribution in [0.25, 0.3) is 0 Å². The highest BCUT2D eigenvalue weighted by molar-refractivity contribution is 6.94. The fraction of sp³-hybridized carbons (Fsp3) is 1.00. The van der Waals surface area contributed by atoms with Crippen molar-refractivity contribution in [3.63, 3.8) is 0 Å². The van der Waals surface area contributed by atoms with Crippen LogP contribution in [-0.4, -0.2) is 335 Å². The van der Waals surface area contributed by atoms with Gasteiger partial charge in [0.05, 0.1) is 95.5 Å². The van der Waals surface area contributed by atoms with Gasteiger partial charge in [-0.3, -0.25) is 0 Å². The Hall–Kier alpha value is 3.65. The zero-order chi connectivity index (χ0) is 107. The van der Waals surface area contributed by atoms with Gasteiger partial charge in [0.2, 0.25) is 0 Å². The van der Waals surface area contributed by atoms with E-state index >= 15 is 0 Å². The molecule has 0 radical (unpaired) electrons. The summed E-state index contributed by atoms with van der Waals surface area (Å²) in [5.74, 6) is 0. The molecule has 0 saturated carbocycles. The Morgan fingerprint density at radius 1 is 0.178 bits per heavy atom. The molecule has 6 N–H and O–H groups in total. The fourth-order valence-corrected chi connectivity index (χ4v) is 115. The lowest BCUT2D eigenvalue weighted by Gasteiger charge is -2.43. The highest BCUT2D eigenvalue weighted by Gasteiger charge is 2.52. The molecule has 0 spiro atoms. The Morgan fingerprint density at radius 2 is 0.311 bits per heavy atom. The summed E-state index contributed by atoms with van der Waals surface area (Å²) in [4.78, 5) is 0. The van der Waals surface area contributed by atoms with E-state index in [0.29, 0.717) is 75.7 Å². The predicted octanol–water partition coefficient (Wildman–Crippen LogP) is 22.6. The molecule has 0 aliphatic carbocycles. The van der Waals surface area contributed by atoms with Crippen LogP contribution in [0.1, 0.15) is 52.4 Å². The first kappa shape index (κ1) is 143. The van der Waals surface area contributed by atoms with Gasteiger partial charge in [-0.1, -0.05) is 13.8 Å². The van der Waals surface area contributed by atoms with Crippen LogP contribution in [0.5, 0.6) is 0 Å². The molecule has 4 unspecified atom stereocenters. The minimum absolute atomic E-state index is 0.160. The van der Waals surface area contributed by atoms with E-state index in [1.165, 1.54) is 0 Å². The number of hydrogen-bond donors (Lipinski definition) is 6. The fourth-order valence-electron chi connectivity index (χ4n) is 17.0. The third-order valence-corrected chi connectivity index (χ3v) is 96.7. The first-order valence-electron chi connectivity index (χ1n) is 50.1. The molecule has 0 amide bonds. The largest absolute Gasteiger partial charge is 0.456 e. The maximum absolute atomic E-state index is 10.4. The molecule has 50 heteroatoms. The summed E-state index contributed by atoms with van der Waals surface area (Å²) in [6.07, 6.45) is 4.78. The highest BCUT2D eigenvalue weighted by Crippen LogP contribution is 2.38. The van der Waals surface area contributed by atoms with E-state index in [1.807, 2.05) is 0 Å². The molecule has 28 nitrogen and oxygen atoms in total. The van der Waals surface area contributed by atoms with Crippen molar-refractivity contribution in [2.24, 2.45) is 16.2 Å². The van der Waals surface area contributed by atoms with E-state index in [1.54, 1.807) is 0 Å². The van der Waals surface area contributed by atoms with Gasteiger partial charge in [0.15, 0.2) is 99.8 Å². The summed E-state index contributed by atoms with van der Waals surface area (Å²) in [5, 5.41) is 61.3. The zero-order valence-electron chi connectivity index (χ0n) is 97.1. The minimum Gasteiger partial charge on any atom is -0.456 e. The highest BCUT2D eigenvalue weighted by atomic mass is 28.5. The van der Waals surface area contributed by atoms with Crippen LogP contribution in [0.4, 0.5) is 0 Å². The van der Waals surface area contributed by atoms with Gasteiger partial charge < -0.3 is 125 Å². The number of rotatable bonds is 74. The van der Waals surface area contributed by atoms with Crippen LogP contribution < -0.4 is 0 Å². The zero-order valence-corrected chi connectivity index (χ0v) is 119. The van der Waals surface area contributed by atoms with E-state index in [9.17, 15) is 30.6 Å². The summed E-state index contributed by atoms with van der Waals surface area (Å²) < 4.78 is 143. The van der Waals surface area contributed by atoms with Gasteiger partial charge in [-0.25, -0.2) is 0 Å². The molecule has 0 heterocycles. The van der Waals surface area contributed by atoms with Crippen molar-refractivity contribution in [2.45, 2.75) is 415 Å². The Bertz CT molecular complexity index is 2940. The second-order valence-electron chi connectivity index (χ2n) is 52.5. The molecule has 0 rings (SSSR count). The van der Waals surface area contributed by atoms with Crippen LogP contribution in [0.3, 0.4) is 0 Å². The average Bonchev–Trinajstić information content (AvgIpc) is 0.805. The number of ether oxygens (including phenoxy) is 6. The maximum atomic E-state index is 10.4. The van der Waals surface area contributed by atoms with Crippen LogP contribution in [0.15, 0.2) is 0 Å². The van der Waals surface area contributed by atoms with Gasteiger partial charge in [-0.2, -0.15) is 0 Å². The summed E-state index contributed by atoms with van der Waals surface area (Å²) in [6.45, 7) is 117. The molecule has 0 bridgehead atoms. The van der Waals surface area contributed by atoms with Crippen molar-refractivity contribution in [1.29, 1.82) is 0 Å². The Balaban J connectivity index is -0.00000200. The molecule has 0 aliphatic rings. The molecule has 0 aromatic heterocycles. The van der Waals surface area contributed by atoms with Crippen molar-refractivity contribution < 1.29 is 125 Å². The van der Waals surface area contributed by atoms with Gasteiger partial charge >= 0.3 is 85.6 Å². The van der Waals surface area contributed by atoms with Crippen LogP contribution >= 0.6 is 0 Å². The molecule has 0 saturated heterocycles. The summed E-state index contributed by atoms with van der Waals surface area (Å²) in [7, 11) is -46.4. The van der Waals surface area contributed by atoms with Crippen molar-refractivity contribution in [2.75, 3.05) is 119 Å². The summed E-state index contributed by atoms with van der Waals surface area (Å²) in [5.41, 5.74) is -1.62. The van der Waals surface area contributed by atoms with Crippen LogP contribution in [-0.2, 0) is 94.3 Å². The number of aliphatic hydroxyl groups is 6. The molecular weight excluding hydrogens is 2090 g/mol. The second-order valence-corrected chi connectivity index (χ2v) is 144. The molecule has 0 aromatic carbocycles. The SMILES string of the molecule is CC(CCOCC(CO)(CO)COCCC(C)[Si](C)(C)O[Si](C)(C)C)[Si](C)(C)O[Si](C)(C)C.C[Si](C)(C)O[Si](C)(C)O[Si](C)(CCCOCC(CO)(CO)COCCC[Si](C)(O[Si](C)(C)C)O[Si](C)(C)O[Si](C)(C)C)O[Si](C)(C)C.C[Si](C)(C)O[Si](C)(C)O[Si](C)(CCCOCC(CO)(CO)COCCC[Si](C)(O[Si](C)(C)O[Si](C)(C)C)O[Si](C)(C)O[Si](C)(C)C)O[Si](C)(C)O[Si](C)(C)C. The average molecular weight is 2310 g/mol. The standard InChI is InChI=1S/C33H88O12Si10.C29H76O10Si8.C23H56O6Si4/c1-46(2,3)38-50(13,14)42-54(21,43-51(15,16)39-47(4,5)6)27-23-25-36-31-33(29-34,30-35)32-37-26-24-28-55(22,44-52(17,18)40-48(7,8)9)45-53(19,20)41-49(10,11)12;1-40(2,3)34-44(13,14)38-46(17,36-42(7,8)9)23-19-21-32-27-29(25-30,26-31)28-33-22-20-24-47(18,37-43(10,11)12)39-45(15,16)35-41(4,5)6;1-21(32(9,10)28-30(3,4)5)13-15-26-19-23(17-24,18-25)20-27-16-14-22(2)33(11,12)29-31(6,7)8/h34-35H,23-32H2,1-22H3;30-31H,19-28H2,1-18H3;21-22,24-25H,13-20H2,1-12H3. The van der Waals surface area contributed by atoms with Gasteiger partial charge in [-0.15, -0.1) is 0 Å². The van der Waals surface area contributed by atoms with E-state index in [0.717, 1.165) is 37.8 Å². The second kappa shape index (κ2) is 58.5. The quantitative estimate of drug-likeness (QED) is 0.0243. The molecule has 4 atom stereocenters. The lowest BCUT2D eigenvalue weighted by Crippen LogP contribution is -2.59. The van der Waals surface area contributed by atoms with Crippen LogP contribution in [0, 0.1) is 16.2 Å². The molecule has 816 valence electrons. The summed E-state index contributed by atoms with van der Waals surface area (Å²) >= 11 is 0. The lowest BCUT2D eigenvalue weighted by atomic mass is 9.92. The van der Waals surface area contributed by atoms with E-state index in [4.69, 9.17) is 94.3 Å². The topological polar surface area (TPSA) is 324 Å². The van der Waals surface area contributed by atoms with Crippen molar-refractivity contribution in [3.8, 4) is 0 Å². The van der Waals surface area contributed by atoms with Gasteiger partial charge in [-0.05, 0) is 401 Å². The lowest BCUT2D eigenvalue weighted by molar-refractivity contribution is -0.0776. The molecular formula is C85H220O28Si22. The van der Waals surface area contributed by atoms with Gasteiger partial charge in [0, 0.05) is 39.6 Å². The Labute approximate surface area is 853 Å². The van der Waals surface area contributed by atoms with Gasteiger partial charge in [0.25, 0.3) is 0 Å². The van der Waals surface area contributed by atoms with E-state index in [2.05, 4.69) is 341 Å². The van der Waals surface area contributed by atoms with E-state index < -0.39 is 202 Å². The predicted molar refractivity (Wildman–Crippen MR) is 618 cm³/mol. The van der Waals surface area contributed by atoms with Crippen LogP contribution in [0.2, 0.25) is 363 Å². The Morgan fingerprint density at radius 3 is 0.444 bits per heavy atom. The molecule has 135 heavy (non-hydrogen) atoms. The van der Waals surface area contributed by atoms with Crippen molar-refractivity contribution >= 4 is 185 Å². The number of hydrogen-bond acceptors (Lipinski definition) is 28. The molecule has 0 aliphatic heterocycles. The smallest absolute Gasteiger partial charge is 0.317 e.